The first-order valence-corrected chi connectivity index (χ1v) is 6.95. The predicted octanol–water partition coefficient (Wildman–Crippen LogP) is 3.72. The first kappa shape index (κ1) is 15.0. The van der Waals surface area contributed by atoms with E-state index < -0.39 is 11.8 Å². The molecule has 1 aromatic heterocycles. The van der Waals surface area contributed by atoms with E-state index in [1.54, 1.807) is 24.3 Å². The van der Waals surface area contributed by atoms with E-state index in [0.717, 1.165) is 0 Å². The zero-order valence-electron chi connectivity index (χ0n) is 9.86. The Labute approximate surface area is 133 Å². The summed E-state index contributed by atoms with van der Waals surface area (Å²) in [7, 11) is 0. The fraction of sp³-hybridized carbons (Fsp3) is 0. The van der Waals surface area contributed by atoms with E-state index in [2.05, 4.69) is 26.2 Å². The molecule has 1 heterocycles. The van der Waals surface area contributed by atoms with Crippen LogP contribution >= 0.6 is 39.1 Å². The van der Waals surface area contributed by atoms with Gasteiger partial charge in [-0.25, -0.2) is 4.98 Å². The minimum atomic E-state index is -0.600. The molecule has 0 atom stereocenters. The molecule has 0 aliphatic rings. The summed E-state index contributed by atoms with van der Waals surface area (Å²) in [5.74, 6) is -1.12. The molecule has 0 aliphatic carbocycles. The number of nitrogens with zero attached hydrogens (tertiary/aromatic N) is 1. The van der Waals surface area contributed by atoms with E-state index in [-0.39, 0.29) is 15.9 Å². The molecule has 0 bridgehead atoms. The van der Waals surface area contributed by atoms with Gasteiger partial charge in [0.2, 0.25) is 0 Å². The third-order valence-corrected chi connectivity index (χ3v) is 3.45. The summed E-state index contributed by atoms with van der Waals surface area (Å²) in [6, 6.07) is 9.43. The third kappa shape index (κ3) is 3.56. The Morgan fingerprint density at radius 3 is 2.25 bits per heavy atom. The molecule has 0 spiro atoms. The van der Waals surface area contributed by atoms with Crippen molar-refractivity contribution in [3.05, 3.63) is 62.3 Å². The highest BCUT2D eigenvalue weighted by atomic mass is 79.9. The molecule has 2 rings (SSSR count). The van der Waals surface area contributed by atoms with Crippen LogP contribution in [0.2, 0.25) is 10.3 Å². The van der Waals surface area contributed by atoms with Crippen LogP contribution in [0.25, 0.3) is 0 Å². The van der Waals surface area contributed by atoms with Crippen LogP contribution in [0.1, 0.15) is 20.7 Å². The topological polar surface area (TPSA) is 59.1 Å². The SMILES string of the molecule is O=C(NC(=O)c1ccccc1Br)c1cc(Cl)nc(Cl)c1. The lowest BCUT2D eigenvalue weighted by Gasteiger charge is -2.06. The van der Waals surface area contributed by atoms with Gasteiger partial charge >= 0.3 is 0 Å². The van der Waals surface area contributed by atoms with Crippen molar-refractivity contribution in [2.24, 2.45) is 0 Å². The van der Waals surface area contributed by atoms with Crippen molar-refractivity contribution in [2.75, 3.05) is 0 Å². The standard InChI is InChI=1S/C13H7BrCl2N2O2/c14-9-4-2-1-3-8(9)13(20)18-12(19)7-5-10(15)17-11(16)6-7/h1-6H,(H,18,19,20). The lowest BCUT2D eigenvalue weighted by Crippen LogP contribution is -2.30. The lowest BCUT2D eigenvalue weighted by atomic mass is 10.2. The van der Waals surface area contributed by atoms with E-state index in [1.165, 1.54) is 12.1 Å². The van der Waals surface area contributed by atoms with Crippen molar-refractivity contribution in [2.45, 2.75) is 0 Å². The number of amides is 2. The number of rotatable bonds is 2. The summed E-state index contributed by atoms with van der Waals surface area (Å²) in [5, 5.41) is 2.41. The van der Waals surface area contributed by atoms with Crippen molar-refractivity contribution in [1.82, 2.24) is 10.3 Å². The van der Waals surface area contributed by atoms with Gasteiger partial charge < -0.3 is 0 Å². The number of aromatic nitrogens is 1. The van der Waals surface area contributed by atoms with Gasteiger partial charge in [-0.05, 0) is 40.2 Å². The molecule has 0 unspecified atom stereocenters. The van der Waals surface area contributed by atoms with Crippen LogP contribution in [0, 0.1) is 0 Å². The molecule has 0 aliphatic heterocycles. The average Bonchev–Trinajstić information content (AvgIpc) is 2.37. The number of nitrogens with one attached hydrogen (secondary N) is 1. The van der Waals surface area contributed by atoms with Crippen molar-refractivity contribution in [3.63, 3.8) is 0 Å². The van der Waals surface area contributed by atoms with Gasteiger partial charge in [0.05, 0.1) is 5.56 Å². The second-order valence-electron chi connectivity index (χ2n) is 3.76. The number of benzene rings is 1. The van der Waals surface area contributed by atoms with Gasteiger partial charge in [-0.1, -0.05) is 35.3 Å². The molecule has 0 saturated carbocycles. The van der Waals surface area contributed by atoms with Crippen molar-refractivity contribution < 1.29 is 9.59 Å². The van der Waals surface area contributed by atoms with Crippen LogP contribution in [0.15, 0.2) is 40.9 Å². The minimum absolute atomic E-state index is 0.0796. The van der Waals surface area contributed by atoms with Crippen LogP contribution in [0.3, 0.4) is 0 Å². The van der Waals surface area contributed by atoms with Crippen LogP contribution in [-0.2, 0) is 0 Å². The Balaban J connectivity index is 2.20. The van der Waals surface area contributed by atoms with E-state index in [9.17, 15) is 9.59 Å². The summed E-state index contributed by atoms with van der Waals surface area (Å²) < 4.78 is 0.594. The number of hydrogen-bond donors (Lipinski definition) is 1. The number of hydrogen-bond acceptors (Lipinski definition) is 3. The van der Waals surface area contributed by atoms with E-state index in [1.807, 2.05) is 0 Å². The first-order chi connectivity index (χ1) is 9.47. The highest BCUT2D eigenvalue weighted by Crippen LogP contribution is 2.17. The summed E-state index contributed by atoms with van der Waals surface area (Å²) in [6.45, 7) is 0. The normalized spacial score (nSPS) is 10.2. The van der Waals surface area contributed by atoms with Gasteiger partial charge in [0, 0.05) is 10.0 Å². The molecule has 0 radical (unpaired) electrons. The monoisotopic (exact) mass is 372 g/mol. The smallest absolute Gasteiger partial charge is 0.259 e. The zero-order chi connectivity index (χ0) is 14.7. The van der Waals surface area contributed by atoms with Gasteiger partial charge in [-0.15, -0.1) is 0 Å². The summed E-state index contributed by atoms with van der Waals surface area (Å²) in [4.78, 5) is 27.7. The lowest BCUT2D eigenvalue weighted by molar-refractivity contribution is 0.0849. The van der Waals surface area contributed by atoms with Crippen molar-refractivity contribution >= 4 is 50.9 Å². The highest BCUT2D eigenvalue weighted by Gasteiger charge is 2.15. The van der Waals surface area contributed by atoms with Gasteiger partial charge in [0.25, 0.3) is 11.8 Å². The zero-order valence-corrected chi connectivity index (χ0v) is 13.0. The third-order valence-electron chi connectivity index (χ3n) is 2.37. The molecular weight excluding hydrogens is 367 g/mol. The summed E-state index contributed by atoms with van der Waals surface area (Å²) in [6.07, 6.45) is 0. The Morgan fingerprint density at radius 2 is 1.65 bits per heavy atom. The number of imide groups is 1. The second-order valence-corrected chi connectivity index (χ2v) is 5.39. The maximum atomic E-state index is 12.0. The molecule has 1 aromatic carbocycles. The first-order valence-electron chi connectivity index (χ1n) is 5.40. The van der Waals surface area contributed by atoms with Crippen LogP contribution in [0.5, 0.6) is 0 Å². The number of carbonyl (C=O) groups excluding carboxylic acids is 2. The van der Waals surface area contributed by atoms with E-state index in [4.69, 9.17) is 23.2 Å². The molecule has 1 N–H and O–H groups in total. The fourth-order valence-corrected chi connectivity index (χ4v) is 2.41. The maximum Gasteiger partial charge on any atom is 0.259 e. The van der Waals surface area contributed by atoms with Crippen LogP contribution < -0.4 is 5.32 Å². The average molecular weight is 374 g/mol. The van der Waals surface area contributed by atoms with E-state index in [0.29, 0.717) is 10.0 Å². The van der Waals surface area contributed by atoms with E-state index >= 15 is 0 Å². The number of pyridine rings is 1. The van der Waals surface area contributed by atoms with Crippen LogP contribution in [0.4, 0.5) is 0 Å². The number of carbonyl (C=O) groups is 2. The van der Waals surface area contributed by atoms with Gasteiger partial charge in [0.1, 0.15) is 10.3 Å². The molecule has 102 valence electrons. The summed E-state index contributed by atoms with van der Waals surface area (Å²) in [5.41, 5.74) is 0.516. The molecule has 7 heteroatoms. The second kappa shape index (κ2) is 6.35. The Kier molecular flexibility index (Phi) is 4.75. The maximum absolute atomic E-state index is 12.0. The largest absolute Gasteiger partial charge is 0.288 e. The molecule has 4 nitrogen and oxygen atoms in total. The minimum Gasteiger partial charge on any atom is -0.288 e. The predicted molar refractivity (Wildman–Crippen MR) is 80.2 cm³/mol. The fourth-order valence-electron chi connectivity index (χ4n) is 1.48. The Morgan fingerprint density at radius 1 is 1.05 bits per heavy atom. The highest BCUT2D eigenvalue weighted by molar-refractivity contribution is 9.10. The summed E-state index contributed by atoms with van der Waals surface area (Å²) >= 11 is 14.7. The Bertz CT molecular complexity index is 672. The van der Waals surface area contributed by atoms with Gasteiger partial charge in [0.15, 0.2) is 0 Å². The molecule has 0 saturated heterocycles. The molecule has 0 fully saturated rings. The molecular formula is C13H7BrCl2N2O2. The molecule has 20 heavy (non-hydrogen) atoms. The number of halogens is 3. The molecule has 2 amide bonds. The van der Waals surface area contributed by atoms with Gasteiger partial charge in [-0.3, -0.25) is 14.9 Å². The molecule has 2 aromatic rings. The van der Waals surface area contributed by atoms with Crippen LogP contribution in [-0.4, -0.2) is 16.8 Å². The quantitative estimate of drug-likeness (QED) is 0.644. The van der Waals surface area contributed by atoms with Crippen molar-refractivity contribution in [3.8, 4) is 0 Å². The van der Waals surface area contributed by atoms with Crippen molar-refractivity contribution in [1.29, 1.82) is 0 Å². The van der Waals surface area contributed by atoms with Gasteiger partial charge in [-0.2, -0.15) is 0 Å². The Hall–Kier alpha value is -1.43.